The van der Waals surface area contributed by atoms with Crippen molar-refractivity contribution < 1.29 is 17.9 Å². The molecule has 19 heavy (non-hydrogen) atoms. The van der Waals surface area contributed by atoms with E-state index in [0.29, 0.717) is 5.75 Å². The first-order valence-electron chi connectivity index (χ1n) is 5.68. The average molecular weight is 285 g/mol. The van der Waals surface area contributed by atoms with Gasteiger partial charge in [-0.25, -0.2) is 18.4 Å². The summed E-state index contributed by atoms with van der Waals surface area (Å²) in [6, 6.07) is 3.82. The van der Waals surface area contributed by atoms with Crippen LogP contribution in [0.5, 0.6) is 5.75 Å². The van der Waals surface area contributed by atoms with Gasteiger partial charge in [0.2, 0.25) is 10.0 Å². The lowest BCUT2D eigenvalue weighted by Gasteiger charge is -2.12. The second-order valence-corrected chi connectivity index (χ2v) is 5.84. The highest BCUT2D eigenvalue weighted by atomic mass is 32.2. The van der Waals surface area contributed by atoms with Crippen LogP contribution in [0.4, 0.5) is 10.5 Å². The van der Waals surface area contributed by atoms with Crippen LogP contribution in [-0.4, -0.2) is 27.6 Å². The topological polar surface area (TPSA) is 111 Å². The highest BCUT2D eigenvalue weighted by Gasteiger charge is 2.23. The molecular weight excluding hydrogens is 270 g/mol. The second-order valence-electron chi connectivity index (χ2n) is 4.28. The number of amides is 2. The van der Waals surface area contributed by atoms with Gasteiger partial charge in [-0.2, -0.15) is 0 Å². The minimum atomic E-state index is -3.82. The lowest BCUT2D eigenvalue weighted by atomic mass is 10.3. The smallest absolute Gasteiger partial charge is 0.319 e. The van der Waals surface area contributed by atoms with Gasteiger partial charge in [0, 0.05) is 6.04 Å². The molecule has 0 unspecified atom stereocenters. The van der Waals surface area contributed by atoms with E-state index >= 15 is 0 Å². The van der Waals surface area contributed by atoms with Crippen molar-refractivity contribution in [2.45, 2.75) is 23.8 Å². The number of sulfonamides is 1. The number of nitrogens with one attached hydrogen (secondary N) is 2. The van der Waals surface area contributed by atoms with Crippen LogP contribution < -0.4 is 20.5 Å². The Balaban J connectivity index is 2.22. The summed E-state index contributed by atoms with van der Waals surface area (Å²) in [4.78, 5) is 11.5. The van der Waals surface area contributed by atoms with E-state index in [2.05, 4.69) is 10.6 Å². The van der Waals surface area contributed by atoms with Crippen LogP contribution in [0.25, 0.3) is 0 Å². The normalized spacial score (nSPS) is 14.8. The molecule has 1 aliphatic rings. The molecule has 1 aromatic carbocycles. The van der Waals surface area contributed by atoms with E-state index in [1.165, 1.54) is 25.3 Å². The molecule has 1 saturated carbocycles. The van der Waals surface area contributed by atoms with Gasteiger partial charge in [-0.3, -0.25) is 0 Å². The number of urea groups is 1. The number of primary sulfonamides is 1. The first-order valence-corrected chi connectivity index (χ1v) is 7.23. The zero-order valence-corrected chi connectivity index (χ0v) is 11.2. The predicted octanol–water partition coefficient (Wildman–Crippen LogP) is 0.626. The zero-order chi connectivity index (χ0) is 14.0. The Kier molecular flexibility index (Phi) is 3.63. The maximum Gasteiger partial charge on any atom is 0.319 e. The van der Waals surface area contributed by atoms with E-state index < -0.39 is 16.1 Å². The lowest BCUT2D eigenvalue weighted by molar-refractivity contribution is 0.251. The summed E-state index contributed by atoms with van der Waals surface area (Å²) in [5.74, 6) is 0.360. The molecule has 7 nitrogen and oxygen atoms in total. The third-order valence-electron chi connectivity index (χ3n) is 2.66. The highest BCUT2D eigenvalue weighted by molar-refractivity contribution is 7.89. The SMILES string of the molecule is COc1ccc(S(N)(=O)=O)cc1NC(=O)NC1CC1. The first kappa shape index (κ1) is 13.6. The molecule has 2 amide bonds. The molecule has 2 rings (SSSR count). The second kappa shape index (κ2) is 5.06. The predicted molar refractivity (Wildman–Crippen MR) is 69.5 cm³/mol. The summed E-state index contributed by atoms with van der Waals surface area (Å²) in [6.45, 7) is 0. The average Bonchev–Trinajstić information content (AvgIpc) is 3.11. The monoisotopic (exact) mass is 285 g/mol. The number of hydrogen-bond donors (Lipinski definition) is 3. The van der Waals surface area contributed by atoms with Crippen molar-refractivity contribution in [1.29, 1.82) is 0 Å². The van der Waals surface area contributed by atoms with Gasteiger partial charge in [-0.05, 0) is 31.0 Å². The molecule has 1 fully saturated rings. The van der Waals surface area contributed by atoms with Crippen LogP contribution >= 0.6 is 0 Å². The molecular formula is C11H15N3O4S. The molecule has 0 spiro atoms. The fourth-order valence-electron chi connectivity index (χ4n) is 1.53. The zero-order valence-electron chi connectivity index (χ0n) is 10.3. The van der Waals surface area contributed by atoms with Crippen molar-refractivity contribution in [3.8, 4) is 5.75 Å². The summed E-state index contributed by atoms with van der Waals surface area (Å²) < 4.78 is 27.6. The summed E-state index contributed by atoms with van der Waals surface area (Å²) in [5, 5.41) is 10.3. The van der Waals surface area contributed by atoms with E-state index in [9.17, 15) is 13.2 Å². The van der Waals surface area contributed by atoms with Crippen LogP contribution in [0.2, 0.25) is 0 Å². The standard InChI is InChI=1S/C11H15N3O4S/c1-18-10-5-4-8(19(12,16)17)6-9(10)14-11(15)13-7-2-3-7/h4-7H,2-3H2,1H3,(H2,12,16,17)(H2,13,14,15). The third kappa shape index (κ3) is 3.58. The number of rotatable bonds is 4. The number of ether oxygens (including phenoxy) is 1. The quantitative estimate of drug-likeness (QED) is 0.753. The molecule has 0 aliphatic heterocycles. The molecule has 1 aromatic rings. The van der Waals surface area contributed by atoms with Gasteiger partial charge >= 0.3 is 6.03 Å². The first-order chi connectivity index (χ1) is 8.90. The van der Waals surface area contributed by atoms with Gasteiger partial charge in [0.1, 0.15) is 5.75 Å². The van der Waals surface area contributed by atoms with Gasteiger partial charge < -0.3 is 15.4 Å². The van der Waals surface area contributed by atoms with Gasteiger partial charge in [0.15, 0.2) is 0 Å². The van der Waals surface area contributed by atoms with Crippen molar-refractivity contribution in [2.75, 3.05) is 12.4 Å². The Morgan fingerprint density at radius 2 is 2.11 bits per heavy atom. The molecule has 0 bridgehead atoms. The summed E-state index contributed by atoms with van der Waals surface area (Å²) in [7, 11) is -2.40. The fourth-order valence-corrected chi connectivity index (χ4v) is 2.07. The molecule has 0 heterocycles. The van der Waals surface area contributed by atoms with Crippen LogP contribution in [0, 0.1) is 0 Å². The van der Waals surface area contributed by atoms with E-state index in [1.54, 1.807) is 0 Å². The van der Waals surface area contributed by atoms with E-state index in [4.69, 9.17) is 9.88 Å². The maximum atomic E-state index is 11.6. The van der Waals surface area contributed by atoms with Crippen LogP contribution in [0.1, 0.15) is 12.8 Å². The van der Waals surface area contributed by atoms with Gasteiger partial charge in [-0.15, -0.1) is 0 Å². The van der Waals surface area contributed by atoms with Crippen molar-refractivity contribution in [1.82, 2.24) is 5.32 Å². The Morgan fingerprint density at radius 3 is 2.63 bits per heavy atom. The minimum absolute atomic E-state index is 0.0879. The van der Waals surface area contributed by atoms with E-state index in [-0.39, 0.29) is 16.6 Å². The summed E-state index contributed by atoms with van der Waals surface area (Å²) in [6.07, 6.45) is 1.92. The number of carbonyl (C=O) groups excluding carboxylic acids is 1. The highest BCUT2D eigenvalue weighted by Crippen LogP contribution is 2.27. The summed E-state index contributed by atoms with van der Waals surface area (Å²) >= 11 is 0. The van der Waals surface area contributed by atoms with Crippen LogP contribution in [0.3, 0.4) is 0 Å². The number of carbonyl (C=O) groups is 1. The molecule has 1 aliphatic carbocycles. The lowest BCUT2D eigenvalue weighted by Crippen LogP contribution is -2.30. The Labute approximate surface area is 111 Å². The van der Waals surface area contributed by atoms with E-state index in [1.807, 2.05) is 0 Å². The molecule has 4 N–H and O–H groups in total. The number of anilines is 1. The molecule has 8 heteroatoms. The molecule has 0 radical (unpaired) electrons. The third-order valence-corrected chi connectivity index (χ3v) is 3.57. The number of hydrogen-bond acceptors (Lipinski definition) is 4. The Bertz CT molecular complexity index is 596. The largest absolute Gasteiger partial charge is 0.495 e. The Morgan fingerprint density at radius 1 is 1.42 bits per heavy atom. The van der Waals surface area contributed by atoms with Crippen molar-refractivity contribution in [3.05, 3.63) is 18.2 Å². The minimum Gasteiger partial charge on any atom is -0.495 e. The Hall–Kier alpha value is -1.80. The molecule has 0 aromatic heterocycles. The van der Waals surface area contributed by atoms with Crippen LogP contribution in [0.15, 0.2) is 23.1 Å². The van der Waals surface area contributed by atoms with Gasteiger partial charge in [0.05, 0.1) is 17.7 Å². The molecule has 0 atom stereocenters. The fraction of sp³-hybridized carbons (Fsp3) is 0.364. The van der Waals surface area contributed by atoms with Crippen molar-refractivity contribution >= 4 is 21.7 Å². The molecule has 104 valence electrons. The van der Waals surface area contributed by atoms with Gasteiger partial charge in [-0.1, -0.05) is 0 Å². The number of nitrogens with two attached hydrogens (primary N) is 1. The maximum absolute atomic E-state index is 11.6. The van der Waals surface area contributed by atoms with Crippen LogP contribution in [-0.2, 0) is 10.0 Å². The van der Waals surface area contributed by atoms with E-state index in [0.717, 1.165) is 12.8 Å². The number of benzene rings is 1. The van der Waals surface area contributed by atoms with Gasteiger partial charge in [0.25, 0.3) is 0 Å². The number of methoxy groups -OCH3 is 1. The molecule has 0 saturated heterocycles. The van der Waals surface area contributed by atoms with Crippen molar-refractivity contribution in [2.24, 2.45) is 5.14 Å². The summed E-state index contributed by atoms with van der Waals surface area (Å²) in [5.41, 5.74) is 0.257. The van der Waals surface area contributed by atoms with Crippen molar-refractivity contribution in [3.63, 3.8) is 0 Å².